The molecule has 0 radical (unpaired) electrons. The monoisotopic (exact) mass is 222 g/mol. The predicted octanol–water partition coefficient (Wildman–Crippen LogP) is 1.93. The summed E-state index contributed by atoms with van der Waals surface area (Å²) in [5.74, 6) is -0.0475. The Bertz CT molecular complexity index is 365. The van der Waals surface area contributed by atoms with Crippen LogP contribution in [0.5, 0.6) is 0 Å². The van der Waals surface area contributed by atoms with Gasteiger partial charge in [0.2, 0.25) is 0 Å². The Morgan fingerprint density at radius 3 is 3.06 bits per heavy atom. The van der Waals surface area contributed by atoms with Crippen LogP contribution in [0.3, 0.4) is 0 Å². The molecule has 1 aromatic rings. The summed E-state index contributed by atoms with van der Waals surface area (Å²) in [6, 6.07) is 6.13. The standard InChI is InChI=1S/C13H19FN2/c1-10-4-3-5-12(13(10)14)9-16-7-6-15-11(2)8-16/h3-5,11,15H,6-9H2,1-2H3/t11-/m0/s1. The van der Waals surface area contributed by atoms with E-state index in [1.54, 1.807) is 0 Å². The Morgan fingerprint density at radius 1 is 1.50 bits per heavy atom. The van der Waals surface area contributed by atoms with Gasteiger partial charge in [0.25, 0.3) is 0 Å². The Balaban J connectivity index is 2.05. The summed E-state index contributed by atoms with van der Waals surface area (Å²) in [7, 11) is 0. The second-order valence-corrected chi connectivity index (χ2v) is 4.64. The molecule has 16 heavy (non-hydrogen) atoms. The smallest absolute Gasteiger partial charge is 0.130 e. The summed E-state index contributed by atoms with van der Waals surface area (Å²) < 4.78 is 13.8. The summed E-state index contributed by atoms with van der Waals surface area (Å²) in [4.78, 5) is 2.30. The number of rotatable bonds is 2. The van der Waals surface area contributed by atoms with Crippen LogP contribution >= 0.6 is 0 Å². The molecule has 1 aromatic carbocycles. The largest absolute Gasteiger partial charge is 0.312 e. The minimum atomic E-state index is -0.0475. The van der Waals surface area contributed by atoms with Gasteiger partial charge >= 0.3 is 0 Å². The highest BCUT2D eigenvalue weighted by Crippen LogP contribution is 2.14. The Hall–Kier alpha value is -0.930. The second kappa shape index (κ2) is 4.93. The molecule has 2 rings (SSSR count). The van der Waals surface area contributed by atoms with Gasteiger partial charge in [0.05, 0.1) is 0 Å². The van der Waals surface area contributed by atoms with Gasteiger partial charge in [-0.2, -0.15) is 0 Å². The molecule has 3 heteroatoms. The van der Waals surface area contributed by atoms with Crippen LogP contribution in [0.25, 0.3) is 0 Å². The van der Waals surface area contributed by atoms with Gasteiger partial charge in [-0.25, -0.2) is 4.39 Å². The molecular weight excluding hydrogens is 203 g/mol. The molecule has 1 atom stereocenters. The van der Waals surface area contributed by atoms with Crippen molar-refractivity contribution in [1.82, 2.24) is 10.2 Å². The van der Waals surface area contributed by atoms with Gasteiger partial charge in [0.15, 0.2) is 0 Å². The molecule has 0 bridgehead atoms. The molecule has 1 aliphatic rings. The molecule has 1 heterocycles. The van der Waals surface area contributed by atoms with Crippen molar-refractivity contribution < 1.29 is 4.39 Å². The maximum atomic E-state index is 13.8. The van der Waals surface area contributed by atoms with Crippen molar-refractivity contribution in [3.63, 3.8) is 0 Å². The van der Waals surface area contributed by atoms with Gasteiger partial charge in [-0.1, -0.05) is 18.2 Å². The third kappa shape index (κ3) is 2.60. The van der Waals surface area contributed by atoms with Crippen molar-refractivity contribution >= 4 is 0 Å². The first-order valence-corrected chi connectivity index (χ1v) is 5.86. The van der Waals surface area contributed by atoms with E-state index in [-0.39, 0.29) is 5.82 Å². The topological polar surface area (TPSA) is 15.3 Å². The number of piperazine rings is 1. The summed E-state index contributed by atoms with van der Waals surface area (Å²) in [6.07, 6.45) is 0. The molecule has 1 aliphatic heterocycles. The molecule has 0 amide bonds. The van der Waals surface area contributed by atoms with E-state index in [4.69, 9.17) is 0 Å². The maximum Gasteiger partial charge on any atom is 0.130 e. The minimum absolute atomic E-state index is 0.0475. The van der Waals surface area contributed by atoms with Crippen molar-refractivity contribution in [2.75, 3.05) is 19.6 Å². The normalized spacial score (nSPS) is 22.3. The molecule has 2 nitrogen and oxygen atoms in total. The fraction of sp³-hybridized carbons (Fsp3) is 0.538. The van der Waals surface area contributed by atoms with Gasteiger partial charge in [-0.05, 0) is 19.4 Å². The number of benzene rings is 1. The minimum Gasteiger partial charge on any atom is -0.312 e. The summed E-state index contributed by atoms with van der Waals surface area (Å²) in [5.41, 5.74) is 1.55. The van der Waals surface area contributed by atoms with Gasteiger partial charge in [0.1, 0.15) is 5.82 Å². The van der Waals surface area contributed by atoms with E-state index >= 15 is 0 Å². The quantitative estimate of drug-likeness (QED) is 0.822. The van der Waals surface area contributed by atoms with Crippen molar-refractivity contribution in [1.29, 1.82) is 0 Å². The number of halogens is 1. The Labute approximate surface area is 96.5 Å². The zero-order valence-corrected chi connectivity index (χ0v) is 9.96. The van der Waals surface area contributed by atoms with Crippen molar-refractivity contribution in [2.24, 2.45) is 0 Å². The summed E-state index contributed by atoms with van der Waals surface area (Å²) in [5, 5.41) is 3.39. The predicted molar refractivity (Wildman–Crippen MR) is 63.9 cm³/mol. The Morgan fingerprint density at radius 2 is 2.31 bits per heavy atom. The van der Waals surface area contributed by atoms with Crippen LogP contribution in [-0.4, -0.2) is 30.6 Å². The van der Waals surface area contributed by atoms with Crippen molar-refractivity contribution in [2.45, 2.75) is 26.4 Å². The van der Waals surface area contributed by atoms with Gasteiger partial charge in [-0.15, -0.1) is 0 Å². The average Bonchev–Trinajstić information content (AvgIpc) is 2.25. The molecule has 0 spiro atoms. The van der Waals surface area contributed by atoms with Crippen LogP contribution in [0, 0.1) is 12.7 Å². The summed E-state index contributed by atoms with van der Waals surface area (Å²) >= 11 is 0. The third-order valence-corrected chi connectivity index (χ3v) is 3.12. The van der Waals surface area contributed by atoms with Crippen LogP contribution in [0.1, 0.15) is 18.1 Å². The van der Waals surface area contributed by atoms with Gasteiger partial charge in [-0.3, -0.25) is 4.90 Å². The lowest BCUT2D eigenvalue weighted by Gasteiger charge is -2.31. The highest BCUT2D eigenvalue weighted by molar-refractivity contribution is 5.24. The molecule has 1 fully saturated rings. The number of hydrogen-bond donors (Lipinski definition) is 1. The number of aryl methyl sites for hydroxylation is 1. The first-order valence-electron chi connectivity index (χ1n) is 5.86. The van der Waals surface area contributed by atoms with E-state index in [0.29, 0.717) is 6.04 Å². The second-order valence-electron chi connectivity index (χ2n) is 4.64. The van der Waals surface area contributed by atoms with E-state index in [1.807, 2.05) is 25.1 Å². The number of nitrogens with zero attached hydrogens (tertiary/aromatic N) is 1. The highest BCUT2D eigenvalue weighted by Gasteiger charge is 2.17. The van der Waals surface area contributed by atoms with Crippen LogP contribution in [0.2, 0.25) is 0 Å². The van der Waals surface area contributed by atoms with Crippen LogP contribution in [-0.2, 0) is 6.54 Å². The number of hydrogen-bond acceptors (Lipinski definition) is 2. The fourth-order valence-electron chi connectivity index (χ4n) is 2.23. The number of nitrogens with one attached hydrogen (secondary N) is 1. The third-order valence-electron chi connectivity index (χ3n) is 3.12. The molecule has 0 aromatic heterocycles. The molecule has 1 saturated heterocycles. The zero-order valence-electron chi connectivity index (χ0n) is 9.96. The molecule has 1 N–H and O–H groups in total. The first kappa shape index (κ1) is 11.6. The van der Waals surface area contributed by atoms with Crippen molar-refractivity contribution in [3.05, 3.63) is 35.1 Å². The lowest BCUT2D eigenvalue weighted by atomic mass is 10.1. The highest BCUT2D eigenvalue weighted by atomic mass is 19.1. The van der Waals surface area contributed by atoms with E-state index in [9.17, 15) is 4.39 Å². The maximum absolute atomic E-state index is 13.8. The van der Waals surface area contributed by atoms with E-state index in [2.05, 4.69) is 17.1 Å². The van der Waals surface area contributed by atoms with E-state index < -0.39 is 0 Å². The fourth-order valence-corrected chi connectivity index (χ4v) is 2.23. The lowest BCUT2D eigenvalue weighted by Crippen LogP contribution is -2.48. The first-order chi connectivity index (χ1) is 7.66. The van der Waals surface area contributed by atoms with Crippen LogP contribution < -0.4 is 5.32 Å². The van der Waals surface area contributed by atoms with Gasteiger partial charge < -0.3 is 5.32 Å². The van der Waals surface area contributed by atoms with E-state index in [1.165, 1.54) is 0 Å². The van der Waals surface area contributed by atoms with Crippen molar-refractivity contribution in [3.8, 4) is 0 Å². The van der Waals surface area contributed by atoms with E-state index in [0.717, 1.165) is 37.3 Å². The molecular formula is C13H19FN2. The van der Waals surface area contributed by atoms with Crippen LogP contribution in [0.4, 0.5) is 4.39 Å². The molecule has 0 unspecified atom stereocenters. The lowest BCUT2D eigenvalue weighted by molar-refractivity contribution is 0.197. The van der Waals surface area contributed by atoms with Crippen LogP contribution in [0.15, 0.2) is 18.2 Å². The molecule has 0 aliphatic carbocycles. The Kier molecular flexibility index (Phi) is 3.56. The average molecular weight is 222 g/mol. The van der Waals surface area contributed by atoms with Gasteiger partial charge in [0, 0.05) is 37.8 Å². The molecule has 0 saturated carbocycles. The SMILES string of the molecule is Cc1cccc(CN2CCN[C@@H](C)C2)c1F. The molecule has 88 valence electrons. The zero-order chi connectivity index (χ0) is 11.5. The summed E-state index contributed by atoms with van der Waals surface area (Å²) in [6.45, 7) is 7.69.